The first-order valence-corrected chi connectivity index (χ1v) is 7.44. The molecule has 0 saturated carbocycles. The summed E-state index contributed by atoms with van der Waals surface area (Å²) in [5.74, 6) is 1.05. The number of carbonyl (C=O) groups excluding carboxylic acids is 1. The zero-order valence-electron chi connectivity index (χ0n) is 12.2. The number of carbonyl (C=O) groups is 1. The second-order valence-corrected chi connectivity index (χ2v) is 5.79. The van der Waals surface area contributed by atoms with Crippen molar-refractivity contribution >= 4 is 18.3 Å². The van der Waals surface area contributed by atoms with Crippen LogP contribution in [-0.4, -0.2) is 43.6 Å². The number of hydrogen-bond acceptors (Lipinski definition) is 3. The van der Waals surface area contributed by atoms with Crippen LogP contribution >= 0.6 is 12.4 Å². The molecular formula is C16H23ClN2O2. The van der Waals surface area contributed by atoms with E-state index in [1.54, 1.807) is 0 Å². The maximum absolute atomic E-state index is 12.1. The largest absolute Gasteiger partial charge is 0.376 e. The van der Waals surface area contributed by atoms with E-state index in [0.717, 1.165) is 39.2 Å². The molecule has 2 saturated heterocycles. The average molecular weight is 311 g/mol. The van der Waals surface area contributed by atoms with E-state index in [4.69, 9.17) is 4.74 Å². The molecule has 5 heteroatoms. The van der Waals surface area contributed by atoms with E-state index in [-0.39, 0.29) is 18.3 Å². The molecular weight excluding hydrogens is 288 g/mol. The van der Waals surface area contributed by atoms with E-state index in [9.17, 15) is 4.79 Å². The lowest BCUT2D eigenvalue weighted by Gasteiger charge is -2.30. The molecule has 0 aromatic heterocycles. The smallest absolute Gasteiger partial charge is 0.228 e. The number of rotatable bonds is 5. The van der Waals surface area contributed by atoms with E-state index in [1.165, 1.54) is 5.56 Å². The minimum atomic E-state index is 0. The molecule has 1 atom stereocenters. The zero-order chi connectivity index (χ0) is 13.8. The zero-order valence-corrected chi connectivity index (χ0v) is 13.0. The Labute approximate surface area is 132 Å². The number of ether oxygens (including phenoxy) is 1. The van der Waals surface area contributed by atoms with Gasteiger partial charge in [-0.1, -0.05) is 30.3 Å². The minimum absolute atomic E-state index is 0. The van der Waals surface area contributed by atoms with Crippen LogP contribution in [0, 0.1) is 11.8 Å². The van der Waals surface area contributed by atoms with Gasteiger partial charge in [0, 0.05) is 32.1 Å². The Balaban J connectivity index is 0.00000161. The average Bonchev–Trinajstić information content (AvgIpc) is 2.87. The summed E-state index contributed by atoms with van der Waals surface area (Å²) in [5, 5.41) is 3.16. The van der Waals surface area contributed by atoms with Gasteiger partial charge in [-0.3, -0.25) is 4.79 Å². The Morgan fingerprint density at radius 1 is 1.29 bits per heavy atom. The van der Waals surface area contributed by atoms with Gasteiger partial charge in [-0.25, -0.2) is 0 Å². The van der Waals surface area contributed by atoms with Crippen LogP contribution in [0.1, 0.15) is 12.0 Å². The lowest BCUT2D eigenvalue weighted by Crippen LogP contribution is -2.51. The van der Waals surface area contributed by atoms with Gasteiger partial charge in [0.1, 0.15) is 0 Å². The maximum Gasteiger partial charge on any atom is 0.228 e. The third-order valence-electron chi connectivity index (χ3n) is 4.19. The molecule has 21 heavy (non-hydrogen) atoms. The van der Waals surface area contributed by atoms with Crippen molar-refractivity contribution in [2.45, 2.75) is 13.0 Å². The molecule has 1 aromatic rings. The number of likely N-dealkylation sites (tertiary alicyclic amines) is 1. The van der Waals surface area contributed by atoms with Gasteiger partial charge in [0.15, 0.2) is 0 Å². The molecule has 2 aliphatic rings. The minimum Gasteiger partial charge on any atom is -0.376 e. The van der Waals surface area contributed by atoms with Crippen LogP contribution < -0.4 is 5.32 Å². The van der Waals surface area contributed by atoms with Gasteiger partial charge in [-0.05, 0) is 12.0 Å². The van der Waals surface area contributed by atoms with E-state index in [0.29, 0.717) is 18.4 Å². The molecule has 2 heterocycles. The molecule has 0 aliphatic carbocycles. The topological polar surface area (TPSA) is 41.6 Å². The molecule has 1 aromatic carbocycles. The van der Waals surface area contributed by atoms with Crippen molar-refractivity contribution in [3.05, 3.63) is 35.9 Å². The van der Waals surface area contributed by atoms with Crippen molar-refractivity contribution in [3.8, 4) is 0 Å². The summed E-state index contributed by atoms with van der Waals surface area (Å²) >= 11 is 0. The standard InChI is InChI=1S/C16H22N2O2.ClH/c19-16(15-8-17-9-15)18-7-6-14(10-18)12-20-11-13-4-2-1-3-5-13;/h1-5,14-15,17H,6-12H2;1H. The van der Waals surface area contributed by atoms with Crippen LogP contribution in [0.25, 0.3) is 0 Å². The summed E-state index contributed by atoms with van der Waals surface area (Å²) in [6.07, 6.45) is 1.07. The predicted molar refractivity (Wildman–Crippen MR) is 84.4 cm³/mol. The third-order valence-corrected chi connectivity index (χ3v) is 4.19. The fourth-order valence-electron chi connectivity index (χ4n) is 2.81. The van der Waals surface area contributed by atoms with Crippen molar-refractivity contribution in [1.29, 1.82) is 0 Å². The normalized spacial score (nSPS) is 21.7. The molecule has 3 rings (SSSR count). The first-order valence-electron chi connectivity index (χ1n) is 7.44. The van der Waals surface area contributed by atoms with Crippen LogP contribution in [0.2, 0.25) is 0 Å². The van der Waals surface area contributed by atoms with Crippen molar-refractivity contribution in [2.24, 2.45) is 11.8 Å². The maximum atomic E-state index is 12.1. The molecule has 2 aliphatic heterocycles. The highest BCUT2D eigenvalue weighted by atomic mass is 35.5. The van der Waals surface area contributed by atoms with Gasteiger partial charge in [-0.15, -0.1) is 12.4 Å². The monoisotopic (exact) mass is 310 g/mol. The Morgan fingerprint density at radius 3 is 2.71 bits per heavy atom. The Hall–Kier alpha value is -1.10. The number of hydrogen-bond donors (Lipinski definition) is 1. The summed E-state index contributed by atoms with van der Waals surface area (Å²) in [6, 6.07) is 10.2. The summed E-state index contributed by atoms with van der Waals surface area (Å²) in [6.45, 7) is 4.88. The number of nitrogens with one attached hydrogen (secondary N) is 1. The van der Waals surface area contributed by atoms with Gasteiger partial charge in [0.2, 0.25) is 5.91 Å². The van der Waals surface area contributed by atoms with E-state index in [1.807, 2.05) is 23.1 Å². The summed E-state index contributed by atoms with van der Waals surface area (Å²) < 4.78 is 5.78. The van der Waals surface area contributed by atoms with E-state index >= 15 is 0 Å². The van der Waals surface area contributed by atoms with Crippen LogP contribution in [0.3, 0.4) is 0 Å². The predicted octanol–water partition coefficient (Wildman–Crippen LogP) is 1.69. The third kappa shape index (κ3) is 4.19. The first-order chi connectivity index (χ1) is 9.83. The van der Waals surface area contributed by atoms with E-state index in [2.05, 4.69) is 17.4 Å². The second-order valence-electron chi connectivity index (χ2n) is 5.79. The fourth-order valence-corrected chi connectivity index (χ4v) is 2.81. The fraction of sp³-hybridized carbons (Fsp3) is 0.562. The SMILES string of the molecule is Cl.O=C(C1CNC1)N1CCC(COCc2ccccc2)C1. The molecule has 4 nitrogen and oxygen atoms in total. The van der Waals surface area contributed by atoms with Gasteiger partial charge < -0.3 is 15.0 Å². The molecule has 0 radical (unpaired) electrons. The number of halogens is 1. The highest BCUT2D eigenvalue weighted by Crippen LogP contribution is 2.20. The van der Waals surface area contributed by atoms with Crippen molar-refractivity contribution in [2.75, 3.05) is 32.8 Å². The molecule has 0 spiro atoms. The quantitative estimate of drug-likeness (QED) is 0.900. The molecule has 1 amide bonds. The van der Waals surface area contributed by atoms with Gasteiger partial charge in [0.05, 0.1) is 19.1 Å². The Kier molecular flexibility index (Phi) is 6.03. The second kappa shape index (κ2) is 7.78. The molecule has 1 unspecified atom stereocenters. The van der Waals surface area contributed by atoms with Crippen molar-refractivity contribution < 1.29 is 9.53 Å². The van der Waals surface area contributed by atoms with E-state index < -0.39 is 0 Å². The number of benzene rings is 1. The lowest BCUT2D eigenvalue weighted by atomic mass is 10.0. The van der Waals surface area contributed by atoms with Gasteiger partial charge in [-0.2, -0.15) is 0 Å². The van der Waals surface area contributed by atoms with Crippen LogP contribution in [0.4, 0.5) is 0 Å². The number of nitrogens with zero attached hydrogens (tertiary/aromatic N) is 1. The van der Waals surface area contributed by atoms with Crippen LogP contribution in [0.15, 0.2) is 30.3 Å². The molecule has 1 N–H and O–H groups in total. The Bertz CT molecular complexity index is 451. The summed E-state index contributed by atoms with van der Waals surface area (Å²) in [7, 11) is 0. The van der Waals surface area contributed by atoms with Gasteiger partial charge >= 0.3 is 0 Å². The lowest BCUT2D eigenvalue weighted by molar-refractivity contribution is -0.136. The molecule has 116 valence electrons. The van der Waals surface area contributed by atoms with Crippen LogP contribution in [-0.2, 0) is 16.1 Å². The first kappa shape index (κ1) is 16.3. The van der Waals surface area contributed by atoms with Crippen LogP contribution in [0.5, 0.6) is 0 Å². The summed E-state index contributed by atoms with van der Waals surface area (Å²) in [4.78, 5) is 14.1. The molecule has 0 bridgehead atoms. The number of amides is 1. The highest BCUT2D eigenvalue weighted by Gasteiger charge is 2.33. The summed E-state index contributed by atoms with van der Waals surface area (Å²) in [5.41, 5.74) is 1.21. The van der Waals surface area contributed by atoms with Gasteiger partial charge in [0.25, 0.3) is 0 Å². The molecule has 2 fully saturated rings. The Morgan fingerprint density at radius 2 is 2.05 bits per heavy atom. The van der Waals surface area contributed by atoms with Crippen molar-refractivity contribution in [1.82, 2.24) is 10.2 Å². The van der Waals surface area contributed by atoms with Crippen molar-refractivity contribution in [3.63, 3.8) is 0 Å². The highest BCUT2D eigenvalue weighted by molar-refractivity contribution is 5.85.